The predicted octanol–water partition coefficient (Wildman–Crippen LogP) is 2.81. The number of rotatable bonds is 2. The van der Waals surface area contributed by atoms with Crippen LogP contribution in [-0.2, 0) is 0 Å². The van der Waals surface area contributed by atoms with E-state index >= 15 is 0 Å². The zero-order valence-corrected chi connectivity index (χ0v) is 11.9. The first kappa shape index (κ1) is 13.6. The molecule has 3 aromatic rings. The van der Waals surface area contributed by atoms with Crippen LogP contribution in [-0.4, -0.2) is 20.7 Å². The zero-order chi connectivity index (χ0) is 15.1. The molecule has 0 bridgehead atoms. The van der Waals surface area contributed by atoms with Gasteiger partial charge in [-0.15, -0.1) is 0 Å². The Balaban J connectivity index is 2.22. The maximum Gasteiger partial charge on any atom is 0.202 e. The predicted molar refractivity (Wildman–Crippen MR) is 75.8 cm³/mol. The molecule has 5 nitrogen and oxygen atoms in total. The molecule has 0 amide bonds. The van der Waals surface area contributed by atoms with Crippen molar-refractivity contribution in [1.29, 1.82) is 0 Å². The quantitative estimate of drug-likeness (QED) is 0.548. The van der Waals surface area contributed by atoms with Gasteiger partial charge in [-0.1, -0.05) is 0 Å². The average Bonchev–Trinajstić information content (AvgIpc) is 2.86. The summed E-state index contributed by atoms with van der Waals surface area (Å²) in [5.74, 6) is -2.92. The fourth-order valence-corrected chi connectivity index (χ4v) is 2.23. The molecule has 2 heterocycles. The van der Waals surface area contributed by atoms with Crippen molar-refractivity contribution >= 4 is 38.6 Å². The highest BCUT2D eigenvalue weighted by molar-refractivity contribution is 9.10. The van der Waals surface area contributed by atoms with Crippen molar-refractivity contribution in [3.63, 3.8) is 0 Å². The number of benzene rings is 1. The fourth-order valence-electron chi connectivity index (χ4n) is 1.95. The Morgan fingerprint density at radius 2 is 2.10 bits per heavy atom. The molecule has 0 aliphatic carbocycles. The second-order valence-electron chi connectivity index (χ2n) is 4.25. The van der Waals surface area contributed by atoms with Crippen LogP contribution in [0.1, 0.15) is 15.9 Å². The van der Waals surface area contributed by atoms with Crippen LogP contribution in [0.2, 0.25) is 0 Å². The number of nitrogens with one attached hydrogen (secondary N) is 1. The van der Waals surface area contributed by atoms with E-state index in [1.165, 1.54) is 12.4 Å². The molecule has 0 radical (unpaired) electrons. The molecular weight excluding hydrogens is 346 g/mol. The summed E-state index contributed by atoms with van der Waals surface area (Å²) in [6.45, 7) is 0. The molecule has 3 rings (SSSR count). The van der Waals surface area contributed by atoms with E-state index in [1.807, 2.05) is 0 Å². The second-order valence-corrected chi connectivity index (χ2v) is 5.06. The molecule has 3 N–H and O–H groups in total. The Morgan fingerprint density at radius 1 is 1.33 bits per heavy atom. The van der Waals surface area contributed by atoms with Crippen molar-refractivity contribution in [2.24, 2.45) is 0 Å². The van der Waals surface area contributed by atoms with E-state index in [9.17, 15) is 13.6 Å². The lowest BCUT2D eigenvalue weighted by atomic mass is 10.0. The van der Waals surface area contributed by atoms with Crippen molar-refractivity contribution in [3.8, 4) is 0 Å². The molecule has 0 spiro atoms. The summed E-state index contributed by atoms with van der Waals surface area (Å²) in [5, 5.41) is 0. The third kappa shape index (κ3) is 2.17. The van der Waals surface area contributed by atoms with Crippen LogP contribution in [0.25, 0.3) is 11.2 Å². The molecule has 0 fully saturated rings. The van der Waals surface area contributed by atoms with Gasteiger partial charge in [0.05, 0.1) is 23.0 Å². The fraction of sp³-hybridized carbons (Fsp3) is 0. The Labute approximate surface area is 125 Å². The summed E-state index contributed by atoms with van der Waals surface area (Å²) in [4.78, 5) is 23.2. The van der Waals surface area contributed by atoms with E-state index in [4.69, 9.17) is 5.73 Å². The van der Waals surface area contributed by atoms with Gasteiger partial charge in [-0.05, 0) is 28.1 Å². The average molecular weight is 353 g/mol. The topological polar surface area (TPSA) is 84.7 Å². The van der Waals surface area contributed by atoms with Crippen LogP contribution in [0.15, 0.2) is 29.1 Å². The minimum absolute atomic E-state index is 0.0159. The number of nitrogen functional groups attached to an aromatic ring is 1. The van der Waals surface area contributed by atoms with Gasteiger partial charge in [-0.2, -0.15) is 0 Å². The van der Waals surface area contributed by atoms with Crippen LogP contribution in [0.3, 0.4) is 0 Å². The van der Waals surface area contributed by atoms with Gasteiger partial charge in [0.25, 0.3) is 0 Å². The smallest absolute Gasteiger partial charge is 0.202 e. The Hall–Kier alpha value is -2.35. The molecule has 8 heteroatoms. The number of halogens is 3. The van der Waals surface area contributed by atoms with E-state index in [0.717, 1.165) is 12.1 Å². The lowest BCUT2D eigenvalue weighted by Crippen LogP contribution is -2.09. The normalized spacial score (nSPS) is 11.0. The lowest BCUT2D eigenvalue weighted by Gasteiger charge is -2.05. The molecule has 21 heavy (non-hydrogen) atoms. The van der Waals surface area contributed by atoms with E-state index in [1.54, 1.807) is 0 Å². The molecule has 0 saturated heterocycles. The molecule has 1 aromatic carbocycles. The van der Waals surface area contributed by atoms with Crippen molar-refractivity contribution in [2.45, 2.75) is 0 Å². The highest BCUT2D eigenvalue weighted by Gasteiger charge is 2.24. The molecule has 0 aliphatic rings. The van der Waals surface area contributed by atoms with Gasteiger partial charge in [-0.25, -0.2) is 18.7 Å². The number of aromatic nitrogens is 3. The minimum atomic E-state index is -1.09. The van der Waals surface area contributed by atoms with Gasteiger partial charge in [0.2, 0.25) is 5.78 Å². The van der Waals surface area contributed by atoms with Gasteiger partial charge < -0.3 is 10.7 Å². The third-order valence-electron chi connectivity index (χ3n) is 2.94. The van der Waals surface area contributed by atoms with Gasteiger partial charge in [0.1, 0.15) is 15.9 Å². The molecule has 0 saturated carbocycles. The number of aromatic amines is 1. The Kier molecular flexibility index (Phi) is 3.17. The Bertz CT molecular complexity index is 878. The van der Waals surface area contributed by atoms with Crippen molar-refractivity contribution < 1.29 is 13.6 Å². The molecule has 0 atom stereocenters. The van der Waals surface area contributed by atoms with E-state index in [2.05, 4.69) is 30.9 Å². The SMILES string of the molecule is Nc1ccc(F)c(C(=O)c2c[nH]c3ncc(Br)nc23)c1F. The zero-order valence-electron chi connectivity index (χ0n) is 10.3. The molecule has 106 valence electrons. The first-order chi connectivity index (χ1) is 9.99. The molecule has 2 aromatic heterocycles. The number of ketones is 1. The first-order valence-electron chi connectivity index (χ1n) is 5.77. The maximum atomic E-state index is 13.9. The number of hydrogen-bond donors (Lipinski definition) is 2. The second kappa shape index (κ2) is 4.88. The van der Waals surface area contributed by atoms with E-state index in [-0.39, 0.29) is 16.8 Å². The number of fused-ring (bicyclic) bond motifs is 1. The first-order valence-corrected chi connectivity index (χ1v) is 6.56. The van der Waals surface area contributed by atoms with Crippen LogP contribution in [0.5, 0.6) is 0 Å². The van der Waals surface area contributed by atoms with Crippen LogP contribution in [0.4, 0.5) is 14.5 Å². The van der Waals surface area contributed by atoms with E-state index in [0.29, 0.717) is 10.3 Å². The van der Waals surface area contributed by atoms with Crippen molar-refractivity contribution in [1.82, 2.24) is 15.0 Å². The van der Waals surface area contributed by atoms with Crippen LogP contribution in [0, 0.1) is 11.6 Å². The highest BCUT2D eigenvalue weighted by atomic mass is 79.9. The minimum Gasteiger partial charge on any atom is -0.396 e. The standard InChI is InChI=1S/C13H7BrF2N4O/c14-8-4-19-13-11(20-8)5(3-18-13)12(21)9-6(15)1-2-7(17)10(9)16/h1-4H,17H2,(H,18,19). The molecule has 0 aliphatic heterocycles. The summed E-state index contributed by atoms with van der Waals surface area (Å²) < 4.78 is 28.1. The van der Waals surface area contributed by atoms with E-state index < -0.39 is 23.0 Å². The number of carbonyl (C=O) groups excluding carboxylic acids is 1. The Morgan fingerprint density at radius 3 is 2.86 bits per heavy atom. The summed E-state index contributed by atoms with van der Waals surface area (Å²) in [6, 6.07) is 2.01. The van der Waals surface area contributed by atoms with Gasteiger partial charge in [0.15, 0.2) is 11.5 Å². The van der Waals surface area contributed by atoms with Crippen molar-refractivity contribution in [3.05, 3.63) is 51.9 Å². The van der Waals surface area contributed by atoms with Crippen LogP contribution >= 0.6 is 15.9 Å². The van der Waals surface area contributed by atoms with Crippen molar-refractivity contribution in [2.75, 3.05) is 5.73 Å². The van der Waals surface area contributed by atoms with Gasteiger partial charge >= 0.3 is 0 Å². The number of carbonyl (C=O) groups is 1. The van der Waals surface area contributed by atoms with Gasteiger partial charge in [-0.3, -0.25) is 4.79 Å². The highest BCUT2D eigenvalue weighted by Crippen LogP contribution is 2.25. The maximum absolute atomic E-state index is 13.9. The number of nitrogens with zero attached hydrogens (tertiary/aromatic N) is 2. The lowest BCUT2D eigenvalue weighted by molar-refractivity contribution is 0.103. The summed E-state index contributed by atoms with van der Waals surface area (Å²) in [6.07, 6.45) is 2.75. The largest absolute Gasteiger partial charge is 0.396 e. The summed E-state index contributed by atoms with van der Waals surface area (Å²) in [5.41, 5.74) is 4.94. The monoisotopic (exact) mass is 352 g/mol. The molecule has 0 unspecified atom stereocenters. The van der Waals surface area contributed by atoms with Crippen LogP contribution < -0.4 is 5.73 Å². The number of nitrogens with two attached hydrogens (primary N) is 1. The number of hydrogen-bond acceptors (Lipinski definition) is 4. The summed E-state index contributed by atoms with van der Waals surface area (Å²) in [7, 11) is 0. The van der Waals surface area contributed by atoms with Gasteiger partial charge in [0, 0.05) is 6.20 Å². The number of anilines is 1. The third-order valence-corrected chi connectivity index (χ3v) is 3.33. The molecular formula is C13H7BrF2N4O. The number of H-pyrrole nitrogens is 1. The summed E-state index contributed by atoms with van der Waals surface area (Å²) >= 11 is 3.13.